The van der Waals surface area contributed by atoms with Crippen molar-refractivity contribution < 1.29 is 9.47 Å². The molecule has 0 amide bonds. The molecular formula is C134H105N3O2SSi. The molecule has 0 N–H and O–H groups in total. The van der Waals surface area contributed by atoms with Gasteiger partial charge in [-0.15, -0.1) is 0 Å². The Hall–Kier alpha value is -16.8. The molecule has 0 radical (unpaired) electrons. The minimum Gasteiger partial charge on any atom is -0.455 e. The van der Waals surface area contributed by atoms with Crippen LogP contribution in [0.15, 0.2) is 538 Å². The van der Waals surface area contributed by atoms with Crippen LogP contribution in [0.5, 0.6) is 23.0 Å². The van der Waals surface area contributed by atoms with E-state index in [0.717, 1.165) is 68.5 Å². The maximum Gasteiger partial charge on any atom is 0.155 e. The summed E-state index contributed by atoms with van der Waals surface area (Å²) in [4.78, 5) is 9.72. The Morgan fingerprint density at radius 1 is 0.191 bits per heavy atom. The van der Waals surface area contributed by atoms with E-state index in [1.165, 1.54) is 148 Å². The maximum absolute atomic E-state index is 6.80. The molecule has 0 saturated heterocycles. The fraction of sp³-hybridized carbons (Fsp3) is 0.0597. The molecule has 0 bridgehead atoms. The summed E-state index contributed by atoms with van der Waals surface area (Å²) in [7, 11) is -2.00. The molecule has 678 valence electrons. The van der Waals surface area contributed by atoms with Crippen molar-refractivity contribution in [3.05, 3.63) is 550 Å². The predicted molar refractivity (Wildman–Crippen MR) is 597 cm³/mol. The molecule has 141 heavy (non-hydrogen) atoms. The summed E-state index contributed by atoms with van der Waals surface area (Å²) in [6, 6.07) is 189. The lowest BCUT2D eigenvalue weighted by atomic mass is 9.75. The standard InChI is InChI=1S/C45H35NO.C45H35NS.C44H35NOSi/c2*1-45(2)40-19-9-10-22-43(40)47-44-41(45)20-12-21-42(44)46(38-27-23-34(24-28-38)32-13-5-3-6-14-32)39-29-25-35(26-30-39)37-18-11-17-36(31-37)33-15-7-4-8-16-33;1-47(2)42-21-10-9-20-41(42)46-44-40(19-12-22-43(44)47)45(38-27-23-34(24-28-38)32-13-5-3-6-14-32)39-29-25-35(26-30-39)37-18-11-17-36(31-37)33-15-7-4-8-16-33/h3*3-31H,1-2H3. The first-order valence-corrected chi connectivity index (χ1v) is 52.4. The van der Waals surface area contributed by atoms with Gasteiger partial charge in [-0.2, -0.15) is 0 Å². The first-order chi connectivity index (χ1) is 69.2. The van der Waals surface area contributed by atoms with Gasteiger partial charge in [0, 0.05) is 65.9 Å². The molecular weight excluding hydrogens is 1740 g/mol. The number of para-hydroxylation sites is 4. The summed E-state index contributed by atoms with van der Waals surface area (Å²) in [5, 5.41) is 2.65. The van der Waals surface area contributed by atoms with E-state index >= 15 is 0 Å². The minimum atomic E-state index is -2.00. The molecule has 3 aliphatic heterocycles. The highest BCUT2D eigenvalue weighted by Crippen LogP contribution is 2.57. The van der Waals surface area contributed by atoms with Crippen LogP contribution in [0.1, 0.15) is 49.9 Å². The Labute approximate surface area is 833 Å². The van der Waals surface area contributed by atoms with Crippen LogP contribution in [0.25, 0.3) is 100 Å². The summed E-state index contributed by atoms with van der Waals surface area (Å²) >= 11 is 1.89. The zero-order valence-electron chi connectivity index (χ0n) is 79.8. The monoisotopic (exact) mass is 1850 g/mol. The Morgan fingerprint density at radius 2 is 0.433 bits per heavy atom. The van der Waals surface area contributed by atoms with Gasteiger partial charge in [-0.05, 0) is 249 Å². The maximum atomic E-state index is 6.80. The third-order valence-electron chi connectivity index (χ3n) is 28.0. The van der Waals surface area contributed by atoms with Crippen LogP contribution >= 0.6 is 11.8 Å². The van der Waals surface area contributed by atoms with Gasteiger partial charge in [0.25, 0.3) is 0 Å². The first kappa shape index (κ1) is 89.4. The van der Waals surface area contributed by atoms with Gasteiger partial charge < -0.3 is 24.2 Å². The van der Waals surface area contributed by atoms with Crippen LogP contribution in [0.4, 0.5) is 51.2 Å². The molecule has 0 aromatic heterocycles. The molecule has 24 rings (SSSR count). The van der Waals surface area contributed by atoms with E-state index in [1.807, 2.05) is 17.8 Å². The lowest BCUT2D eigenvalue weighted by molar-refractivity contribution is 0.419. The molecule has 0 unspecified atom stereocenters. The molecule has 0 aliphatic carbocycles. The van der Waals surface area contributed by atoms with Crippen molar-refractivity contribution in [3.63, 3.8) is 0 Å². The summed E-state index contributed by atoms with van der Waals surface area (Å²) < 4.78 is 13.6. The molecule has 0 saturated carbocycles. The van der Waals surface area contributed by atoms with Gasteiger partial charge in [0.15, 0.2) is 11.5 Å². The Bertz CT molecular complexity index is 7270. The lowest BCUT2D eigenvalue weighted by Crippen LogP contribution is -2.56. The number of benzene rings is 21. The average molecular weight is 1850 g/mol. The summed E-state index contributed by atoms with van der Waals surface area (Å²) in [6.07, 6.45) is 0. The average Bonchev–Trinajstić information content (AvgIpc) is 0.739. The Balaban J connectivity index is 0.000000121. The fourth-order valence-corrected chi connectivity index (χ4v) is 24.7. The number of anilines is 9. The minimum absolute atomic E-state index is 0.107. The van der Waals surface area contributed by atoms with E-state index in [4.69, 9.17) is 9.47 Å². The highest BCUT2D eigenvalue weighted by atomic mass is 32.2. The number of hydrogen-bond acceptors (Lipinski definition) is 6. The second-order valence-electron chi connectivity index (χ2n) is 37.9. The van der Waals surface area contributed by atoms with Crippen LogP contribution in [-0.2, 0) is 10.8 Å². The van der Waals surface area contributed by atoms with Crippen molar-refractivity contribution in [2.24, 2.45) is 0 Å². The van der Waals surface area contributed by atoms with Crippen molar-refractivity contribution in [2.75, 3.05) is 14.7 Å². The van der Waals surface area contributed by atoms with E-state index in [0.29, 0.717) is 0 Å². The molecule has 3 aliphatic rings. The van der Waals surface area contributed by atoms with Crippen molar-refractivity contribution in [2.45, 2.75) is 61.4 Å². The van der Waals surface area contributed by atoms with E-state index in [9.17, 15) is 0 Å². The molecule has 5 nitrogen and oxygen atoms in total. The summed E-state index contributed by atoms with van der Waals surface area (Å²) in [5.41, 5.74) is 36.3. The van der Waals surface area contributed by atoms with Gasteiger partial charge in [-0.1, -0.05) is 453 Å². The largest absolute Gasteiger partial charge is 0.455 e. The second-order valence-corrected chi connectivity index (χ2v) is 43.2. The topological polar surface area (TPSA) is 28.2 Å². The third kappa shape index (κ3) is 18.1. The lowest BCUT2D eigenvalue weighted by Gasteiger charge is -2.37. The molecule has 21 aromatic carbocycles. The van der Waals surface area contributed by atoms with Gasteiger partial charge >= 0.3 is 0 Å². The van der Waals surface area contributed by atoms with E-state index in [1.54, 1.807) is 0 Å². The molecule has 0 atom stereocenters. The second kappa shape index (κ2) is 39.0. The van der Waals surface area contributed by atoms with Crippen LogP contribution < -0.4 is 34.5 Å². The highest BCUT2D eigenvalue weighted by Gasteiger charge is 2.41. The van der Waals surface area contributed by atoms with Crippen molar-refractivity contribution in [1.82, 2.24) is 0 Å². The van der Waals surface area contributed by atoms with E-state index < -0.39 is 8.07 Å². The van der Waals surface area contributed by atoms with E-state index in [2.05, 4.69) is 577 Å². The van der Waals surface area contributed by atoms with Gasteiger partial charge in [0.1, 0.15) is 19.6 Å². The molecule has 0 spiro atoms. The molecule has 0 fully saturated rings. The summed E-state index contributed by atoms with van der Waals surface area (Å²) in [5.74, 6) is 3.72. The molecule has 7 heteroatoms. The number of rotatable bonds is 18. The van der Waals surface area contributed by atoms with Crippen LogP contribution in [0.3, 0.4) is 0 Å². The first-order valence-electron chi connectivity index (χ1n) is 48.6. The highest BCUT2D eigenvalue weighted by molar-refractivity contribution is 7.99. The van der Waals surface area contributed by atoms with Gasteiger partial charge in [0.2, 0.25) is 0 Å². The van der Waals surface area contributed by atoms with Crippen molar-refractivity contribution >= 4 is 81.4 Å². The number of hydrogen-bond donors (Lipinski definition) is 0. The van der Waals surface area contributed by atoms with Crippen molar-refractivity contribution in [1.29, 1.82) is 0 Å². The van der Waals surface area contributed by atoms with Crippen LogP contribution in [-0.4, -0.2) is 8.07 Å². The van der Waals surface area contributed by atoms with E-state index in [-0.39, 0.29) is 10.8 Å². The third-order valence-corrected chi connectivity index (χ3v) is 32.7. The Morgan fingerprint density at radius 3 is 0.816 bits per heavy atom. The predicted octanol–water partition coefficient (Wildman–Crippen LogP) is 36.6. The summed E-state index contributed by atoms with van der Waals surface area (Å²) in [6.45, 7) is 14.1. The normalized spacial score (nSPS) is 12.9. The van der Waals surface area contributed by atoms with Gasteiger partial charge in [-0.25, -0.2) is 0 Å². The number of ether oxygens (including phenoxy) is 2. The van der Waals surface area contributed by atoms with Gasteiger partial charge in [-0.3, -0.25) is 0 Å². The smallest absolute Gasteiger partial charge is 0.155 e. The number of fused-ring (bicyclic) bond motifs is 6. The quantitative estimate of drug-likeness (QED) is 0.0795. The van der Waals surface area contributed by atoms with Crippen LogP contribution in [0.2, 0.25) is 13.1 Å². The number of nitrogens with zero attached hydrogens (tertiary/aromatic N) is 3. The fourth-order valence-electron chi connectivity index (χ4n) is 20.4. The van der Waals surface area contributed by atoms with Crippen LogP contribution in [0, 0.1) is 0 Å². The van der Waals surface area contributed by atoms with Crippen molar-refractivity contribution in [3.8, 4) is 123 Å². The zero-order valence-corrected chi connectivity index (χ0v) is 81.6. The Kier molecular flexibility index (Phi) is 24.7. The zero-order chi connectivity index (χ0) is 95.4. The molecule has 21 aromatic rings. The molecule has 3 heterocycles. The SMILES string of the molecule is CC1(C)c2ccccc2Oc2c(N(c3ccc(-c4ccccc4)cc3)c3ccc(-c4cccc(-c5ccccc5)c4)cc3)cccc21.CC1(C)c2ccccc2Sc2c(N(c3ccc(-c4ccccc4)cc3)c3ccc(-c4cccc(-c5ccccc5)c4)cc3)cccc21.C[Si]1(C)c2ccccc2Oc2c(N(c3ccc(-c4ccccc4)cc3)c3ccc(-c4cccc(-c5ccccc5)c4)cc3)cccc21. The van der Waals surface area contributed by atoms with Gasteiger partial charge in [0.05, 0.1) is 17.1 Å².